The van der Waals surface area contributed by atoms with E-state index >= 15 is 0 Å². The molecular weight excluding hydrogens is 248 g/mol. The highest BCUT2D eigenvalue weighted by Crippen LogP contribution is 2.23. The van der Waals surface area contributed by atoms with Gasteiger partial charge in [-0.3, -0.25) is 0 Å². The van der Waals surface area contributed by atoms with Crippen LogP contribution in [0.4, 0.5) is 5.69 Å². The average molecular weight is 270 g/mol. The fourth-order valence-corrected chi connectivity index (χ4v) is 3.92. The Morgan fingerprint density at radius 1 is 1.06 bits per heavy atom. The van der Waals surface area contributed by atoms with E-state index in [-0.39, 0.29) is 0 Å². The molecule has 0 heterocycles. The molecule has 18 heavy (non-hydrogen) atoms. The van der Waals surface area contributed by atoms with Crippen molar-refractivity contribution < 1.29 is 13.3 Å². The second-order valence-corrected chi connectivity index (χ2v) is 6.58. The number of nitrogens with zero attached hydrogens (tertiary/aromatic N) is 1. The molecule has 0 saturated heterocycles. The molecule has 0 aliphatic heterocycles. The lowest BCUT2D eigenvalue weighted by molar-refractivity contribution is 0.120. The van der Waals surface area contributed by atoms with Gasteiger partial charge >= 0.3 is 8.97 Å². The van der Waals surface area contributed by atoms with Gasteiger partial charge in [-0.25, -0.2) is 0 Å². The topological polar surface area (TPSA) is 57.0 Å². The summed E-state index contributed by atoms with van der Waals surface area (Å²) in [6.07, 6.45) is 0.847. The molecular formula is C12H22N2O3Si. The highest BCUT2D eigenvalue weighted by atomic mass is 28.4. The number of para-hydroxylation sites is 1. The summed E-state index contributed by atoms with van der Waals surface area (Å²) in [5.74, 6) is 0. The third kappa shape index (κ3) is 3.30. The number of nitrogens with two attached hydrogens (primary N) is 1. The number of benzene rings is 1. The zero-order chi connectivity index (χ0) is 13.4. The second-order valence-electron chi connectivity index (χ2n) is 3.77. The van der Waals surface area contributed by atoms with E-state index in [1.807, 2.05) is 34.9 Å². The maximum atomic E-state index is 5.59. The first kappa shape index (κ1) is 15.1. The van der Waals surface area contributed by atoms with Crippen LogP contribution >= 0.6 is 0 Å². The van der Waals surface area contributed by atoms with E-state index in [0.717, 1.165) is 18.7 Å². The molecule has 0 atom stereocenters. The molecule has 0 spiro atoms. The van der Waals surface area contributed by atoms with Gasteiger partial charge in [0.25, 0.3) is 0 Å². The lowest BCUT2D eigenvalue weighted by atomic mass is 10.3. The van der Waals surface area contributed by atoms with Gasteiger partial charge in [0.15, 0.2) is 0 Å². The molecule has 0 amide bonds. The van der Waals surface area contributed by atoms with Crippen molar-refractivity contribution in [1.82, 2.24) is 0 Å². The molecule has 6 heteroatoms. The average Bonchev–Trinajstić information content (AvgIpc) is 2.45. The van der Waals surface area contributed by atoms with E-state index in [9.17, 15) is 0 Å². The molecule has 0 bridgehead atoms. The normalized spacial score (nSPS) is 11.6. The number of hydrogen-bond donors (Lipinski definition) is 1. The van der Waals surface area contributed by atoms with Gasteiger partial charge < -0.3 is 23.6 Å². The zero-order valence-electron chi connectivity index (χ0n) is 11.3. The van der Waals surface area contributed by atoms with Crippen molar-refractivity contribution in [1.29, 1.82) is 0 Å². The Labute approximate surface area is 110 Å². The lowest BCUT2D eigenvalue weighted by Gasteiger charge is -2.36. The fourth-order valence-electron chi connectivity index (χ4n) is 1.86. The van der Waals surface area contributed by atoms with Crippen molar-refractivity contribution in [2.24, 2.45) is 5.73 Å². The fraction of sp³-hybridized carbons (Fsp3) is 0.500. The number of rotatable bonds is 8. The quantitative estimate of drug-likeness (QED) is 0.720. The van der Waals surface area contributed by atoms with Crippen LogP contribution in [0.5, 0.6) is 0 Å². The van der Waals surface area contributed by atoms with Crippen LogP contribution in [-0.4, -0.2) is 43.4 Å². The van der Waals surface area contributed by atoms with Gasteiger partial charge in [0.05, 0.1) is 0 Å². The van der Waals surface area contributed by atoms with Crippen molar-refractivity contribution in [2.45, 2.75) is 6.42 Å². The van der Waals surface area contributed by atoms with E-state index < -0.39 is 8.97 Å². The Bertz CT molecular complexity index is 325. The molecule has 1 aromatic rings. The van der Waals surface area contributed by atoms with Gasteiger partial charge in [-0.05, 0) is 25.1 Å². The van der Waals surface area contributed by atoms with Gasteiger partial charge in [0.1, 0.15) is 0 Å². The number of anilines is 1. The maximum absolute atomic E-state index is 5.59. The van der Waals surface area contributed by atoms with E-state index in [1.165, 1.54) is 0 Å². The van der Waals surface area contributed by atoms with Crippen molar-refractivity contribution in [3.05, 3.63) is 30.3 Å². The van der Waals surface area contributed by atoms with Crippen LogP contribution in [0.3, 0.4) is 0 Å². The molecule has 1 aromatic carbocycles. The predicted octanol–water partition coefficient (Wildman–Crippen LogP) is 1.22. The van der Waals surface area contributed by atoms with Crippen LogP contribution in [0.1, 0.15) is 6.42 Å². The SMILES string of the molecule is CO[Si](OC)(OC)N(CCCN)c1ccccc1. The van der Waals surface area contributed by atoms with Crippen molar-refractivity contribution >= 4 is 14.7 Å². The van der Waals surface area contributed by atoms with Crippen LogP contribution in [0, 0.1) is 0 Å². The predicted molar refractivity (Wildman–Crippen MR) is 74.2 cm³/mol. The second kappa shape index (κ2) is 7.50. The molecule has 0 radical (unpaired) electrons. The van der Waals surface area contributed by atoms with Crippen molar-refractivity contribution in [2.75, 3.05) is 39.0 Å². The van der Waals surface area contributed by atoms with Gasteiger partial charge in [0.2, 0.25) is 0 Å². The molecule has 0 saturated carbocycles. The first-order chi connectivity index (χ1) is 8.74. The van der Waals surface area contributed by atoms with E-state index in [0.29, 0.717) is 6.54 Å². The first-order valence-corrected chi connectivity index (χ1v) is 7.59. The molecule has 5 nitrogen and oxygen atoms in total. The van der Waals surface area contributed by atoms with Gasteiger partial charge in [0, 0.05) is 33.6 Å². The summed E-state index contributed by atoms with van der Waals surface area (Å²) >= 11 is 0. The van der Waals surface area contributed by atoms with E-state index in [4.69, 9.17) is 19.0 Å². The summed E-state index contributed by atoms with van der Waals surface area (Å²) in [7, 11) is 1.98. The lowest BCUT2D eigenvalue weighted by Crippen LogP contribution is -2.60. The highest BCUT2D eigenvalue weighted by Gasteiger charge is 2.47. The van der Waals surface area contributed by atoms with Crippen molar-refractivity contribution in [3.8, 4) is 0 Å². The summed E-state index contributed by atoms with van der Waals surface area (Å²) < 4.78 is 18.6. The largest absolute Gasteiger partial charge is 0.632 e. The van der Waals surface area contributed by atoms with Crippen LogP contribution < -0.4 is 10.3 Å². The van der Waals surface area contributed by atoms with E-state index in [1.54, 1.807) is 21.3 Å². The van der Waals surface area contributed by atoms with Crippen LogP contribution in [-0.2, 0) is 13.3 Å². The third-order valence-corrected chi connectivity index (χ3v) is 5.45. The highest BCUT2D eigenvalue weighted by molar-refractivity contribution is 6.65. The molecule has 1 rings (SSSR count). The first-order valence-electron chi connectivity index (χ1n) is 5.92. The van der Waals surface area contributed by atoms with Crippen LogP contribution in [0.15, 0.2) is 30.3 Å². The standard InChI is InChI=1S/C12H22N2O3Si/c1-15-18(16-2,17-3)14(11-7-10-13)12-8-5-4-6-9-12/h4-6,8-9H,7,10-11,13H2,1-3H3. The Morgan fingerprint density at radius 3 is 2.06 bits per heavy atom. The Morgan fingerprint density at radius 2 is 1.61 bits per heavy atom. The summed E-state index contributed by atoms with van der Waals surface area (Å²) in [5, 5.41) is 0. The summed E-state index contributed by atoms with van der Waals surface area (Å²) in [4.78, 5) is 0. The number of hydrogen-bond acceptors (Lipinski definition) is 5. The van der Waals surface area contributed by atoms with Gasteiger partial charge in [-0.2, -0.15) is 0 Å². The van der Waals surface area contributed by atoms with Crippen LogP contribution in [0.2, 0.25) is 0 Å². The Hall–Kier alpha value is -0.923. The molecule has 0 aromatic heterocycles. The summed E-state index contributed by atoms with van der Waals surface area (Å²) in [5.41, 5.74) is 6.61. The molecule has 2 N–H and O–H groups in total. The van der Waals surface area contributed by atoms with E-state index in [2.05, 4.69) is 0 Å². The minimum Gasteiger partial charge on any atom is -0.360 e. The molecule has 102 valence electrons. The molecule has 0 aliphatic carbocycles. The summed E-state index contributed by atoms with van der Waals surface area (Å²) in [6.45, 7) is 1.35. The zero-order valence-corrected chi connectivity index (χ0v) is 12.3. The van der Waals surface area contributed by atoms with Crippen molar-refractivity contribution in [3.63, 3.8) is 0 Å². The minimum absolute atomic E-state index is 0.616. The van der Waals surface area contributed by atoms with Gasteiger partial charge in [-0.15, -0.1) is 0 Å². The Kier molecular flexibility index (Phi) is 6.30. The molecule has 0 unspecified atom stereocenters. The summed E-state index contributed by atoms with van der Waals surface area (Å²) in [6, 6.07) is 9.95. The third-order valence-electron chi connectivity index (χ3n) is 2.76. The molecule has 0 aliphatic rings. The smallest absolute Gasteiger partial charge is 0.360 e. The van der Waals surface area contributed by atoms with Crippen LogP contribution in [0.25, 0.3) is 0 Å². The Balaban J connectivity index is 3.03. The maximum Gasteiger partial charge on any atom is 0.632 e. The monoisotopic (exact) mass is 270 g/mol. The molecule has 0 fully saturated rings. The minimum atomic E-state index is -2.85. The van der Waals surface area contributed by atoms with Gasteiger partial charge in [-0.1, -0.05) is 18.2 Å².